The molecule has 8 aromatic rings. The predicted molar refractivity (Wildman–Crippen MR) is 217 cm³/mol. The van der Waals surface area contributed by atoms with E-state index in [0.29, 0.717) is 0 Å². The average molecular weight is 716 g/mol. The van der Waals surface area contributed by atoms with Gasteiger partial charge < -0.3 is 10.1 Å². The fourth-order valence-electron chi connectivity index (χ4n) is 5.87. The third-order valence-corrected chi connectivity index (χ3v) is 10.2. The summed E-state index contributed by atoms with van der Waals surface area (Å²) in [5.41, 5.74) is 13.5. The summed E-state index contributed by atoms with van der Waals surface area (Å²) in [5, 5.41) is 9.55. The van der Waals surface area contributed by atoms with Crippen LogP contribution in [0.15, 0.2) is 151 Å². The molecule has 256 valence electrons. The number of rotatable bonds is 9. The minimum atomic E-state index is 0.754. The SMILES string of the molecule is COc1cc(-c2ccccc2)c(C)cc1Cc1nc(-c2cccnc2)cs1.Cc1ccc(-c2ccccc2)cc1Nc1nc(-c2cccnc2)cs1. The van der Waals surface area contributed by atoms with Crippen molar-refractivity contribution in [1.82, 2.24) is 19.9 Å². The summed E-state index contributed by atoms with van der Waals surface area (Å²) >= 11 is 3.27. The van der Waals surface area contributed by atoms with Crippen molar-refractivity contribution in [3.8, 4) is 50.5 Å². The first-order valence-electron chi connectivity index (χ1n) is 16.9. The summed E-state index contributed by atoms with van der Waals surface area (Å²) in [5.74, 6) is 0.901. The second kappa shape index (κ2) is 16.4. The summed E-state index contributed by atoms with van der Waals surface area (Å²) in [7, 11) is 1.73. The fraction of sp³-hybridized carbons (Fsp3) is 0.0909. The van der Waals surface area contributed by atoms with Crippen molar-refractivity contribution in [2.75, 3.05) is 12.4 Å². The third kappa shape index (κ3) is 8.32. The van der Waals surface area contributed by atoms with Gasteiger partial charge in [0.2, 0.25) is 0 Å². The van der Waals surface area contributed by atoms with Crippen LogP contribution in [-0.4, -0.2) is 27.0 Å². The molecule has 0 saturated heterocycles. The molecule has 0 unspecified atom stereocenters. The van der Waals surface area contributed by atoms with E-state index in [-0.39, 0.29) is 0 Å². The summed E-state index contributed by atoms with van der Waals surface area (Å²) in [4.78, 5) is 17.8. The van der Waals surface area contributed by atoms with Crippen molar-refractivity contribution in [2.45, 2.75) is 20.3 Å². The van der Waals surface area contributed by atoms with Gasteiger partial charge in [0.05, 0.1) is 23.5 Å². The van der Waals surface area contributed by atoms with E-state index in [0.717, 1.165) is 56.1 Å². The van der Waals surface area contributed by atoms with Crippen LogP contribution >= 0.6 is 22.7 Å². The number of hydrogen-bond acceptors (Lipinski definition) is 8. The standard InChI is InChI=1S/C23H20N2OS.C21H17N3S/c1-16-11-19(22(26-2)13-20(16)17-7-4-3-5-8-17)12-23-25-21(15-27-23)18-9-6-10-24-14-18;1-15-9-10-17(16-6-3-2-4-7-16)12-19(15)23-21-24-20(14-25-21)18-8-5-11-22-13-18/h3-11,13-15H,12H2,1-2H3;2-14H,1H3,(H,23,24). The Morgan fingerprint density at radius 1 is 0.596 bits per heavy atom. The number of nitrogens with one attached hydrogen (secondary N) is 1. The second-order valence-electron chi connectivity index (χ2n) is 12.2. The minimum absolute atomic E-state index is 0.754. The molecule has 0 amide bonds. The van der Waals surface area contributed by atoms with E-state index >= 15 is 0 Å². The maximum atomic E-state index is 5.69. The highest BCUT2D eigenvalue weighted by Gasteiger charge is 2.13. The molecule has 1 N–H and O–H groups in total. The summed E-state index contributed by atoms with van der Waals surface area (Å²) in [6.07, 6.45) is 7.98. The van der Waals surface area contributed by atoms with Crippen LogP contribution < -0.4 is 10.1 Å². The van der Waals surface area contributed by atoms with Gasteiger partial charge in [-0.15, -0.1) is 22.7 Å². The largest absolute Gasteiger partial charge is 0.496 e. The van der Waals surface area contributed by atoms with Crippen LogP contribution in [-0.2, 0) is 6.42 Å². The van der Waals surface area contributed by atoms with E-state index in [4.69, 9.17) is 9.72 Å². The van der Waals surface area contributed by atoms with Crippen LogP contribution in [0.4, 0.5) is 10.8 Å². The molecule has 0 spiro atoms. The van der Waals surface area contributed by atoms with Crippen LogP contribution in [0.1, 0.15) is 21.7 Å². The third-order valence-electron chi connectivity index (χ3n) is 8.61. The van der Waals surface area contributed by atoms with Crippen molar-refractivity contribution < 1.29 is 4.74 Å². The van der Waals surface area contributed by atoms with E-state index in [1.165, 1.54) is 33.4 Å². The maximum absolute atomic E-state index is 5.69. The van der Waals surface area contributed by atoms with Gasteiger partial charge in [0.25, 0.3) is 0 Å². The molecule has 0 aliphatic rings. The van der Waals surface area contributed by atoms with Crippen LogP contribution in [0, 0.1) is 13.8 Å². The molecule has 0 atom stereocenters. The minimum Gasteiger partial charge on any atom is -0.496 e. The molecule has 0 radical (unpaired) electrons. The number of aromatic nitrogens is 4. The predicted octanol–water partition coefficient (Wildman–Crippen LogP) is 11.7. The molecule has 52 heavy (non-hydrogen) atoms. The highest BCUT2D eigenvalue weighted by atomic mass is 32.1. The van der Waals surface area contributed by atoms with E-state index in [2.05, 4.69) is 124 Å². The zero-order valence-electron chi connectivity index (χ0n) is 29.2. The molecule has 0 bridgehead atoms. The normalized spacial score (nSPS) is 10.7. The Morgan fingerprint density at radius 3 is 1.88 bits per heavy atom. The molecule has 0 fully saturated rings. The highest BCUT2D eigenvalue weighted by molar-refractivity contribution is 7.14. The van der Waals surface area contributed by atoms with Gasteiger partial charge in [-0.1, -0.05) is 78.9 Å². The number of aryl methyl sites for hydroxylation is 2. The lowest BCUT2D eigenvalue weighted by molar-refractivity contribution is 0.410. The van der Waals surface area contributed by atoms with Crippen molar-refractivity contribution in [1.29, 1.82) is 0 Å². The Hall–Kier alpha value is -5.96. The molecule has 4 aromatic carbocycles. The molecular weight excluding hydrogens is 679 g/mol. The van der Waals surface area contributed by atoms with Gasteiger partial charge in [0.1, 0.15) is 5.75 Å². The number of anilines is 2. The first-order chi connectivity index (χ1) is 25.5. The molecular formula is C44H37N5OS2. The highest BCUT2D eigenvalue weighted by Crippen LogP contribution is 2.34. The molecule has 8 heteroatoms. The van der Waals surface area contributed by atoms with Crippen LogP contribution in [0.2, 0.25) is 0 Å². The van der Waals surface area contributed by atoms with E-state index in [9.17, 15) is 0 Å². The quantitative estimate of drug-likeness (QED) is 0.160. The Morgan fingerprint density at radius 2 is 1.23 bits per heavy atom. The molecule has 6 nitrogen and oxygen atoms in total. The van der Waals surface area contributed by atoms with Gasteiger partial charge in [-0.2, -0.15) is 0 Å². The van der Waals surface area contributed by atoms with Gasteiger partial charge >= 0.3 is 0 Å². The molecule has 0 aliphatic heterocycles. The maximum Gasteiger partial charge on any atom is 0.187 e. The van der Waals surface area contributed by atoms with Crippen LogP contribution in [0.5, 0.6) is 5.75 Å². The first kappa shape index (κ1) is 34.5. The van der Waals surface area contributed by atoms with Crippen LogP contribution in [0.3, 0.4) is 0 Å². The monoisotopic (exact) mass is 715 g/mol. The zero-order valence-corrected chi connectivity index (χ0v) is 30.8. The molecule has 4 heterocycles. The molecule has 4 aromatic heterocycles. The lowest BCUT2D eigenvalue weighted by Gasteiger charge is -2.13. The van der Waals surface area contributed by atoms with Gasteiger partial charge in [0.15, 0.2) is 5.13 Å². The number of methoxy groups -OCH3 is 1. The number of thiazole rings is 2. The van der Waals surface area contributed by atoms with E-state index in [1.807, 2.05) is 48.8 Å². The van der Waals surface area contributed by atoms with Crippen molar-refractivity contribution in [3.05, 3.63) is 173 Å². The summed E-state index contributed by atoms with van der Waals surface area (Å²) in [6, 6.07) is 39.5. The number of ether oxygens (including phenoxy) is 1. The van der Waals surface area contributed by atoms with Gasteiger partial charge in [-0.25, -0.2) is 9.97 Å². The smallest absolute Gasteiger partial charge is 0.187 e. The number of pyridine rings is 2. The Labute approximate surface area is 312 Å². The van der Waals surface area contributed by atoms with Gasteiger partial charge in [-0.05, 0) is 83.6 Å². The van der Waals surface area contributed by atoms with Crippen LogP contribution in [0.25, 0.3) is 44.8 Å². The van der Waals surface area contributed by atoms with Gasteiger partial charge in [-0.3, -0.25) is 9.97 Å². The van der Waals surface area contributed by atoms with Crippen molar-refractivity contribution in [3.63, 3.8) is 0 Å². The molecule has 0 aliphatic carbocycles. The number of hydrogen-bond donors (Lipinski definition) is 1. The second-order valence-corrected chi connectivity index (χ2v) is 14.0. The Balaban J connectivity index is 0.000000162. The number of benzene rings is 4. The fourth-order valence-corrected chi connectivity index (χ4v) is 7.42. The Kier molecular flexibility index (Phi) is 10.9. The summed E-state index contributed by atoms with van der Waals surface area (Å²) < 4.78 is 5.69. The van der Waals surface area contributed by atoms with Crippen molar-refractivity contribution >= 4 is 33.5 Å². The number of nitrogens with zero attached hydrogens (tertiary/aromatic N) is 4. The van der Waals surface area contributed by atoms with E-state index < -0.39 is 0 Å². The lowest BCUT2D eigenvalue weighted by atomic mass is 9.96. The molecule has 0 saturated carbocycles. The van der Waals surface area contributed by atoms with Gasteiger partial charge in [0, 0.05) is 64.3 Å². The molecule has 8 rings (SSSR count). The van der Waals surface area contributed by atoms with Crippen molar-refractivity contribution in [2.24, 2.45) is 0 Å². The first-order valence-corrected chi connectivity index (χ1v) is 18.7. The zero-order chi connectivity index (χ0) is 35.7. The average Bonchev–Trinajstić information content (AvgIpc) is 3.88. The summed E-state index contributed by atoms with van der Waals surface area (Å²) in [6.45, 7) is 4.25. The Bertz CT molecular complexity index is 2360. The lowest BCUT2D eigenvalue weighted by Crippen LogP contribution is -1.97. The van der Waals surface area contributed by atoms with E-state index in [1.54, 1.807) is 42.2 Å². The topological polar surface area (TPSA) is 72.8 Å².